The number of hydrogen-bond donors (Lipinski definition) is 1. The molecule has 3 nitrogen and oxygen atoms in total. The van der Waals surface area contributed by atoms with E-state index < -0.39 is 6.04 Å². The molecule has 0 aromatic heterocycles. The van der Waals surface area contributed by atoms with Crippen LogP contribution in [0.1, 0.15) is 31.9 Å². The van der Waals surface area contributed by atoms with Gasteiger partial charge in [-0.2, -0.15) is 0 Å². The van der Waals surface area contributed by atoms with E-state index in [0.717, 1.165) is 16.9 Å². The van der Waals surface area contributed by atoms with Crippen molar-refractivity contribution >= 4 is 5.78 Å². The van der Waals surface area contributed by atoms with E-state index >= 15 is 0 Å². The molecule has 3 heteroatoms. The summed E-state index contributed by atoms with van der Waals surface area (Å²) in [5, 5.41) is 0. The third-order valence-electron chi connectivity index (χ3n) is 3.08. The second-order valence-electron chi connectivity index (χ2n) is 5.80. The molecular formula is C15H23NO2. The van der Waals surface area contributed by atoms with Crippen molar-refractivity contribution in [3.63, 3.8) is 0 Å². The van der Waals surface area contributed by atoms with E-state index in [4.69, 9.17) is 10.5 Å². The summed E-state index contributed by atoms with van der Waals surface area (Å²) in [6, 6.07) is 5.38. The maximum atomic E-state index is 12.2. The number of ketones is 1. The molecule has 0 aliphatic heterocycles. The number of rotatable bonds is 4. The molecule has 1 atom stereocenters. The lowest BCUT2D eigenvalue weighted by atomic mass is 9.83. The Morgan fingerprint density at radius 2 is 2.00 bits per heavy atom. The Bertz CT molecular complexity index is 433. The molecule has 0 radical (unpaired) electrons. The fraction of sp³-hybridized carbons (Fsp3) is 0.533. The van der Waals surface area contributed by atoms with Crippen LogP contribution in [-0.2, 0) is 11.2 Å². The highest BCUT2D eigenvalue weighted by molar-refractivity contribution is 5.87. The van der Waals surface area contributed by atoms with Gasteiger partial charge in [-0.3, -0.25) is 4.79 Å². The number of Topliss-reactive ketones (excluding diaryl/α,β-unsaturated/α-hetero) is 1. The third-order valence-corrected chi connectivity index (χ3v) is 3.08. The van der Waals surface area contributed by atoms with Crippen LogP contribution in [0.4, 0.5) is 0 Å². The number of nitrogens with two attached hydrogens (primary N) is 1. The van der Waals surface area contributed by atoms with E-state index in [-0.39, 0.29) is 11.2 Å². The first-order valence-corrected chi connectivity index (χ1v) is 6.17. The Balaban J connectivity index is 2.91. The lowest BCUT2D eigenvalue weighted by molar-refractivity contribution is -0.121. The number of hydrogen-bond acceptors (Lipinski definition) is 3. The van der Waals surface area contributed by atoms with E-state index in [1.807, 2.05) is 45.9 Å². The summed E-state index contributed by atoms with van der Waals surface area (Å²) in [5.41, 5.74) is 7.79. The van der Waals surface area contributed by atoms with Crippen molar-refractivity contribution in [3.8, 4) is 5.75 Å². The quantitative estimate of drug-likeness (QED) is 0.892. The van der Waals surface area contributed by atoms with E-state index in [1.54, 1.807) is 7.11 Å². The summed E-state index contributed by atoms with van der Waals surface area (Å²) in [4.78, 5) is 12.2. The van der Waals surface area contributed by atoms with Crippen molar-refractivity contribution in [2.24, 2.45) is 11.1 Å². The average molecular weight is 249 g/mol. The normalized spacial score (nSPS) is 13.2. The zero-order valence-corrected chi connectivity index (χ0v) is 11.9. The highest BCUT2D eigenvalue weighted by Gasteiger charge is 2.27. The fourth-order valence-electron chi connectivity index (χ4n) is 1.83. The Labute approximate surface area is 109 Å². The van der Waals surface area contributed by atoms with Crippen molar-refractivity contribution < 1.29 is 9.53 Å². The highest BCUT2D eigenvalue weighted by atomic mass is 16.5. The largest absolute Gasteiger partial charge is 0.496 e. The minimum Gasteiger partial charge on any atom is -0.496 e. The lowest BCUT2D eigenvalue weighted by Crippen LogP contribution is -2.43. The van der Waals surface area contributed by atoms with Crippen LogP contribution in [0.15, 0.2) is 18.2 Å². The molecule has 0 aliphatic carbocycles. The minimum absolute atomic E-state index is 0.0476. The smallest absolute Gasteiger partial charge is 0.154 e. The first kappa shape index (κ1) is 14.7. The van der Waals surface area contributed by atoms with Crippen molar-refractivity contribution in [3.05, 3.63) is 29.3 Å². The molecule has 0 amide bonds. The van der Waals surface area contributed by atoms with Gasteiger partial charge >= 0.3 is 0 Å². The average Bonchev–Trinajstić information content (AvgIpc) is 2.27. The number of carbonyl (C=O) groups is 1. The van der Waals surface area contributed by atoms with Crippen LogP contribution in [-0.4, -0.2) is 18.9 Å². The van der Waals surface area contributed by atoms with Crippen LogP contribution in [0.5, 0.6) is 5.75 Å². The molecule has 1 unspecified atom stereocenters. The fourth-order valence-corrected chi connectivity index (χ4v) is 1.83. The number of aryl methyl sites for hydroxylation is 1. The molecule has 0 aliphatic rings. The van der Waals surface area contributed by atoms with Crippen molar-refractivity contribution in [2.75, 3.05) is 7.11 Å². The molecule has 2 N–H and O–H groups in total. The van der Waals surface area contributed by atoms with Gasteiger partial charge in [-0.15, -0.1) is 0 Å². The zero-order chi connectivity index (χ0) is 13.9. The lowest BCUT2D eigenvalue weighted by Gasteiger charge is -2.26. The van der Waals surface area contributed by atoms with Gasteiger partial charge in [-0.25, -0.2) is 0 Å². The second-order valence-corrected chi connectivity index (χ2v) is 5.80. The summed E-state index contributed by atoms with van der Waals surface area (Å²) < 4.78 is 5.27. The topological polar surface area (TPSA) is 52.3 Å². The van der Waals surface area contributed by atoms with Crippen molar-refractivity contribution in [1.29, 1.82) is 0 Å². The van der Waals surface area contributed by atoms with E-state index in [0.29, 0.717) is 6.42 Å². The first-order chi connectivity index (χ1) is 8.25. The van der Waals surface area contributed by atoms with Crippen molar-refractivity contribution in [1.82, 2.24) is 0 Å². The minimum atomic E-state index is -0.456. The molecule has 1 rings (SSSR count). The van der Waals surface area contributed by atoms with Gasteiger partial charge in [0.05, 0.1) is 13.2 Å². The number of carbonyl (C=O) groups excluding carboxylic acids is 1. The molecule has 1 aromatic carbocycles. The Hall–Kier alpha value is -1.35. The predicted molar refractivity (Wildman–Crippen MR) is 73.9 cm³/mol. The molecule has 0 fully saturated rings. The summed E-state index contributed by atoms with van der Waals surface area (Å²) >= 11 is 0. The van der Waals surface area contributed by atoms with E-state index in [9.17, 15) is 4.79 Å². The van der Waals surface area contributed by atoms with Gasteiger partial charge in [0.2, 0.25) is 0 Å². The molecule has 0 saturated carbocycles. The molecule has 1 aromatic rings. The van der Waals surface area contributed by atoms with Gasteiger partial charge in [-0.1, -0.05) is 38.5 Å². The summed E-state index contributed by atoms with van der Waals surface area (Å²) in [6.07, 6.45) is 0.323. The van der Waals surface area contributed by atoms with Crippen LogP contribution in [0.25, 0.3) is 0 Å². The van der Waals surface area contributed by atoms with Crippen molar-refractivity contribution in [2.45, 2.75) is 40.2 Å². The van der Waals surface area contributed by atoms with Crippen LogP contribution in [0.2, 0.25) is 0 Å². The molecule has 0 saturated heterocycles. The number of ether oxygens (including phenoxy) is 1. The molecule has 0 heterocycles. The Morgan fingerprint density at radius 1 is 1.39 bits per heavy atom. The molecular weight excluding hydrogens is 226 g/mol. The van der Waals surface area contributed by atoms with E-state index in [1.165, 1.54) is 0 Å². The standard InChI is InChI=1S/C15H23NO2/c1-10-6-7-13(18-5)11(8-10)9-12(17)14(16)15(2,3)4/h6-8,14H,9,16H2,1-5H3. The summed E-state index contributed by atoms with van der Waals surface area (Å²) in [7, 11) is 1.61. The monoisotopic (exact) mass is 249 g/mol. The zero-order valence-electron chi connectivity index (χ0n) is 11.9. The summed E-state index contributed by atoms with van der Waals surface area (Å²) in [5.74, 6) is 0.793. The molecule has 0 bridgehead atoms. The van der Waals surface area contributed by atoms with Gasteiger partial charge in [-0.05, 0) is 18.4 Å². The first-order valence-electron chi connectivity index (χ1n) is 6.17. The predicted octanol–water partition coefficient (Wildman–Crippen LogP) is 2.49. The van der Waals surface area contributed by atoms with Gasteiger partial charge in [0, 0.05) is 12.0 Å². The van der Waals surface area contributed by atoms with E-state index in [2.05, 4.69) is 0 Å². The molecule has 100 valence electrons. The van der Waals surface area contributed by atoms with Crippen LogP contribution in [0, 0.1) is 12.3 Å². The SMILES string of the molecule is COc1ccc(C)cc1CC(=O)C(N)C(C)(C)C. The van der Waals surface area contributed by atoms with Crippen LogP contribution < -0.4 is 10.5 Å². The molecule has 0 spiro atoms. The highest BCUT2D eigenvalue weighted by Crippen LogP contribution is 2.23. The number of methoxy groups -OCH3 is 1. The molecule has 18 heavy (non-hydrogen) atoms. The second kappa shape index (κ2) is 5.53. The third kappa shape index (κ3) is 3.57. The maximum Gasteiger partial charge on any atom is 0.154 e. The van der Waals surface area contributed by atoms with Gasteiger partial charge < -0.3 is 10.5 Å². The van der Waals surface area contributed by atoms with Gasteiger partial charge in [0.25, 0.3) is 0 Å². The van der Waals surface area contributed by atoms with Crippen LogP contribution in [0.3, 0.4) is 0 Å². The Kier molecular flexibility index (Phi) is 4.52. The van der Waals surface area contributed by atoms with Gasteiger partial charge in [0.1, 0.15) is 5.75 Å². The van der Waals surface area contributed by atoms with Crippen LogP contribution >= 0.6 is 0 Å². The summed E-state index contributed by atoms with van der Waals surface area (Å²) in [6.45, 7) is 7.92. The maximum absolute atomic E-state index is 12.2. The van der Waals surface area contributed by atoms with Gasteiger partial charge in [0.15, 0.2) is 5.78 Å². The number of benzene rings is 1. The Morgan fingerprint density at radius 3 is 2.50 bits per heavy atom.